The highest BCUT2D eigenvalue weighted by atomic mass is 127. The van der Waals surface area contributed by atoms with Crippen LogP contribution in [-0.2, 0) is 39.5 Å². The van der Waals surface area contributed by atoms with E-state index in [0.717, 1.165) is 14.8 Å². The lowest BCUT2D eigenvalue weighted by Gasteiger charge is -2.38. The molecule has 16 nitrogen and oxygen atoms in total. The highest BCUT2D eigenvalue weighted by molar-refractivity contribution is 14.1. The van der Waals surface area contributed by atoms with Crippen molar-refractivity contribution in [2.75, 3.05) is 33.7 Å². The molecular weight excluding hydrogens is 903 g/mol. The van der Waals surface area contributed by atoms with Gasteiger partial charge in [0, 0.05) is 22.2 Å². The number of amides is 1. The Hall–Kier alpha value is -4.83. The number of hydrogen-bond acceptors (Lipinski definition) is 12. The van der Waals surface area contributed by atoms with Crippen molar-refractivity contribution in [3.8, 4) is 28.6 Å². The van der Waals surface area contributed by atoms with Crippen LogP contribution in [0, 0.1) is 3.57 Å². The summed E-state index contributed by atoms with van der Waals surface area (Å²) in [7, 11) is -5.00. The molecule has 1 amide bonds. The first-order valence-electron chi connectivity index (χ1n) is 17.8. The SMILES string of the molecule is COc1ccc(CN(Cc2ccc(OC)cc2)S(=O)(=O)c2c(S(=O)(=O)C[C@@H](CO)N(C(=O)O)C(C)(C)C)ccc(I)c2-c2nnn(Cc3ccc(OC)cc3)n2)cc1. The summed E-state index contributed by atoms with van der Waals surface area (Å²) in [6.07, 6.45) is -1.46. The van der Waals surface area contributed by atoms with Crippen molar-refractivity contribution in [3.05, 3.63) is 105 Å². The monoisotopic (exact) mass is 948 g/mol. The van der Waals surface area contributed by atoms with E-state index in [9.17, 15) is 23.4 Å². The third-order valence-corrected chi connectivity index (χ3v) is 13.9. The minimum absolute atomic E-state index is 0.122. The maximum absolute atomic E-state index is 15.5. The maximum Gasteiger partial charge on any atom is 0.408 e. The van der Waals surface area contributed by atoms with E-state index in [0.29, 0.717) is 31.9 Å². The zero-order valence-corrected chi connectivity index (χ0v) is 36.5. The van der Waals surface area contributed by atoms with Gasteiger partial charge in [-0.05, 0) is 114 Å². The van der Waals surface area contributed by atoms with E-state index in [1.807, 2.05) is 22.6 Å². The lowest BCUT2D eigenvalue weighted by molar-refractivity contribution is 0.0543. The molecule has 1 heterocycles. The second kappa shape index (κ2) is 18.4. The zero-order valence-electron chi connectivity index (χ0n) is 32.7. The van der Waals surface area contributed by atoms with E-state index in [-0.39, 0.29) is 31.0 Å². The quantitative estimate of drug-likeness (QED) is 0.114. The summed E-state index contributed by atoms with van der Waals surface area (Å²) in [6.45, 7) is 3.58. The van der Waals surface area contributed by atoms with Crippen LogP contribution in [-0.4, -0.2) is 108 Å². The standard InChI is InChI=1S/C39H45IN6O10S2/c1-39(2,3)46(38(48)49)29(24-47)25-57(50,51)34-20-19-33(40)35(37-41-43-45(42-37)23-28-11-17-32(56-6)18-12-28)36(34)58(52,53)44(21-26-7-13-30(54-4)14-8-26)22-27-9-15-31(55-5)16-10-27/h7-20,29,47H,21-25H2,1-6H3,(H,48,49)/t29-/m1/s1. The lowest BCUT2D eigenvalue weighted by atomic mass is 10.0. The first-order valence-corrected chi connectivity index (χ1v) is 21.9. The molecule has 310 valence electrons. The number of sulfone groups is 1. The molecule has 0 bridgehead atoms. The molecule has 0 aliphatic rings. The van der Waals surface area contributed by atoms with Crippen LogP contribution in [0.1, 0.15) is 37.5 Å². The predicted molar refractivity (Wildman–Crippen MR) is 223 cm³/mol. The van der Waals surface area contributed by atoms with Gasteiger partial charge in [0.1, 0.15) is 22.1 Å². The highest BCUT2D eigenvalue weighted by Gasteiger charge is 2.41. The van der Waals surface area contributed by atoms with Crippen molar-refractivity contribution in [1.29, 1.82) is 0 Å². The second-order valence-electron chi connectivity index (χ2n) is 14.2. The third kappa shape index (κ3) is 10.2. The fourth-order valence-corrected chi connectivity index (χ4v) is 11.2. The number of carboxylic acid groups (broad SMARTS) is 1. The van der Waals surface area contributed by atoms with Gasteiger partial charge >= 0.3 is 6.09 Å². The molecule has 0 aliphatic carbocycles. The van der Waals surface area contributed by atoms with Crippen LogP contribution in [0.2, 0.25) is 0 Å². The van der Waals surface area contributed by atoms with Gasteiger partial charge < -0.3 is 24.4 Å². The van der Waals surface area contributed by atoms with Crippen LogP contribution in [0.4, 0.5) is 4.79 Å². The molecule has 0 saturated carbocycles. The van der Waals surface area contributed by atoms with E-state index in [4.69, 9.17) is 14.2 Å². The molecule has 0 aliphatic heterocycles. The molecule has 0 unspecified atom stereocenters. The second-order valence-corrected chi connectivity index (χ2v) is 19.2. The normalized spacial score (nSPS) is 12.6. The Kier molecular flexibility index (Phi) is 14.0. The van der Waals surface area contributed by atoms with E-state index in [1.54, 1.807) is 101 Å². The average molecular weight is 949 g/mol. The van der Waals surface area contributed by atoms with E-state index in [2.05, 4.69) is 15.4 Å². The molecule has 0 radical (unpaired) electrons. The van der Waals surface area contributed by atoms with Crippen molar-refractivity contribution < 1.29 is 46.1 Å². The lowest BCUT2D eigenvalue weighted by Crippen LogP contribution is -2.55. The van der Waals surface area contributed by atoms with Gasteiger partial charge in [-0.3, -0.25) is 4.90 Å². The Morgan fingerprint density at radius 3 is 1.71 bits per heavy atom. The Morgan fingerprint density at radius 1 is 0.793 bits per heavy atom. The summed E-state index contributed by atoms with van der Waals surface area (Å²) in [5.41, 5.74) is 0.677. The molecule has 58 heavy (non-hydrogen) atoms. The average Bonchev–Trinajstić information content (AvgIpc) is 3.64. The summed E-state index contributed by atoms with van der Waals surface area (Å²) in [6, 6.07) is 21.8. The van der Waals surface area contributed by atoms with Crippen LogP contribution in [0.3, 0.4) is 0 Å². The van der Waals surface area contributed by atoms with Crippen LogP contribution in [0.25, 0.3) is 11.4 Å². The number of halogens is 1. The summed E-state index contributed by atoms with van der Waals surface area (Å²) in [5.74, 6) is 0.640. The van der Waals surface area contributed by atoms with Crippen molar-refractivity contribution in [1.82, 2.24) is 29.4 Å². The van der Waals surface area contributed by atoms with Crippen molar-refractivity contribution in [2.45, 2.75) is 61.8 Å². The number of tetrazole rings is 1. The smallest absolute Gasteiger partial charge is 0.408 e. The highest BCUT2D eigenvalue weighted by Crippen LogP contribution is 2.39. The first kappa shape index (κ1) is 44.3. The number of aromatic nitrogens is 4. The fourth-order valence-electron chi connectivity index (χ4n) is 6.32. The predicted octanol–water partition coefficient (Wildman–Crippen LogP) is 5.32. The molecule has 2 N–H and O–H groups in total. The Balaban J connectivity index is 1.73. The zero-order chi connectivity index (χ0) is 42.4. The Labute approximate surface area is 351 Å². The summed E-state index contributed by atoms with van der Waals surface area (Å²) >= 11 is 1.90. The number of nitrogens with zero attached hydrogens (tertiary/aromatic N) is 6. The topological polar surface area (TPSA) is 204 Å². The maximum atomic E-state index is 15.5. The molecule has 5 aromatic rings. The molecule has 1 aromatic heterocycles. The van der Waals surface area contributed by atoms with Gasteiger partial charge in [-0.15, -0.1) is 10.2 Å². The number of ether oxygens (including phenoxy) is 3. The minimum Gasteiger partial charge on any atom is -0.497 e. The van der Waals surface area contributed by atoms with Crippen molar-refractivity contribution in [2.24, 2.45) is 0 Å². The van der Waals surface area contributed by atoms with E-state index in [1.165, 1.54) is 31.1 Å². The van der Waals surface area contributed by atoms with Gasteiger partial charge in [0.05, 0.1) is 56.7 Å². The van der Waals surface area contributed by atoms with Gasteiger partial charge in [0.15, 0.2) is 9.84 Å². The van der Waals surface area contributed by atoms with Crippen LogP contribution >= 0.6 is 22.6 Å². The molecule has 0 fully saturated rings. The fraction of sp³-hybridized carbons (Fsp3) is 0.333. The molecule has 5 rings (SSSR count). The first-order chi connectivity index (χ1) is 27.4. The number of benzene rings is 4. The number of rotatable bonds is 17. The molecule has 19 heteroatoms. The summed E-state index contributed by atoms with van der Waals surface area (Å²) in [5, 5.41) is 33.5. The number of carbonyl (C=O) groups is 1. The summed E-state index contributed by atoms with van der Waals surface area (Å²) < 4.78 is 77.6. The van der Waals surface area contributed by atoms with E-state index >= 15 is 8.42 Å². The van der Waals surface area contributed by atoms with Crippen LogP contribution < -0.4 is 14.2 Å². The number of sulfonamides is 1. The number of methoxy groups -OCH3 is 3. The molecule has 1 atom stereocenters. The van der Waals surface area contributed by atoms with Crippen molar-refractivity contribution >= 4 is 48.5 Å². The number of hydrogen-bond donors (Lipinski definition) is 2. The molecule has 4 aromatic carbocycles. The number of aliphatic hydroxyl groups is 1. The Bertz CT molecular complexity index is 2370. The Morgan fingerprint density at radius 2 is 1.28 bits per heavy atom. The molecule has 0 saturated heterocycles. The molecular formula is C39H45IN6O10S2. The van der Waals surface area contributed by atoms with Crippen LogP contribution in [0.5, 0.6) is 17.2 Å². The van der Waals surface area contributed by atoms with Crippen LogP contribution in [0.15, 0.2) is 94.7 Å². The van der Waals surface area contributed by atoms with Gasteiger partial charge in [-0.2, -0.15) is 9.10 Å². The number of aliphatic hydroxyl groups excluding tert-OH is 1. The van der Waals surface area contributed by atoms with Gasteiger partial charge in [-0.1, -0.05) is 36.4 Å². The van der Waals surface area contributed by atoms with Gasteiger partial charge in [0.2, 0.25) is 15.8 Å². The third-order valence-electron chi connectivity index (χ3n) is 9.12. The van der Waals surface area contributed by atoms with E-state index < -0.39 is 59.7 Å². The minimum atomic E-state index is -4.85. The largest absolute Gasteiger partial charge is 0.497 e. The summed E-state index contributed by atoms with van der Waals surface area (Å²) in [4.78, 5) is 13.3. The van der Waals surface area contributed by atoms with Crippen molar-refractivity contribution in [3.63, 3.8) is 0 Å². The molecule has 0 spiro atoms. The van der Waals surface area contributed by atoms with Gasteiger partial charge in [-0.25, -0.2) is 21.6 Å². The van der Waals surface area contributed by atoms with Gasteiger partial charge in [0.25, 0.3) is 0 Å².